The number of halogens is 1. The maximum atomic E-state index is 6.10. The van der Waals surface area contributed by atoms with Crippen LogP contribution in [0.1, 0.15) is 17.4 Å². The molecule has 0 saturated carbocycles. The molecule has 0 spiro atoms. The van der Waals surface area contributed by atoms with Crippen LogP contribution < -0.4 is 5.32 Å². The van der Waals surface area contributed by atoms with Crippen LogP contribution in [0.4, 0.5) is 0 Å². The number of furan rings is 1. The highest BCUT2D eigenvalue weighted by molar-refractivity contribution is 9.10. The van der Waals surface area contributed by atoms with Gasteiger partial charge in [-0.25, -0.2) is 0 Å². The van der Waals surface area contributed by atoms with Crippen LogP contribution in [0.25, 0.3) is 11.0 Å². The largest absolute Gasteiger partial charge is 0.459 e. The molecule has 0 radical (unpaired) electrons. The summed E-state index contributed by atoms with van der Waals surface area (Å²) in [5.41, 5.74) is 2.13. The molecule has 0 bridgehead atoms. The van der Waals surface area contributed by atoms with Gasteiger partial charge < -0.3 is 14.6 Å². The highest BCUT2D eigenvalue weighted by Crippen LogP contribution is 2.29. The molecule has 1 N–H and O–H groups in total. The molecule has 0 fully saturated rings. The van der Waals surface area contributed by atoms with Crippen molar-refractivity contribution < 1.29 is 4.42 Å². The van der Waals surface area contributed by atoms with Crippen LogP contribution in [0.15, 0.2) is 63.5 Å². The van der Waals surface area contributed by atoms with Crippen molar-refractivity contribution in [1.82, 2.24) is 10.2 Å². The van der Waals surface area contributed by atoms with Gasteiger partial charge in [0.25, 0.3) is 0 Å². The number of fused-ring (bicyclic) bond motifs is 1. The molecule has 3 aromatic rings. The Morgan fingerprint density at radius 2 is 1.87 bits per heavy atom. The number of likely N-dealkylation sites (N-methyl/N-ethyl adjacent to an activating group) is 1. The van der Waals surface area contributed by atoms with E-state index in [0.717, 1.165) is 34.3 Å². The molecular formula is C19H21BrN2O. The van der Waals surface area contributed by atoms with Gasteiger partial charge in [-0.3, -0.25) is 0 Å². The predicted octanol–water partition coefficient (Wildman–Crippen LogP) is 4.44. The summed E-state index contributed by atoms with van der Waals surface area (Å²) in [6.45, 7) is 1.88. The second kappa shape index (κ2) is 7.30. The monoisotopic (exact) mass is 372 g/mol. The van der Waals surface area contributed by atoms with Crippen molar-refractivity contribution in [3.05, 3.63) is 70.4 Å². The van der Waals surface area contributed by atoms with Crippen LogP contribution in [0.2, 0.25) is 0 Å². The summed E-state index contributed by atoms with van der Waals surface area (Å²) in [5, 5.41) is 4.73. The molecule has 3 nitrogen and oxygen atoms in total. The average molecular weight is 373 g/mol. The van der Waals surface area contributed by atoms with E-state index in [2.05, 4.69) is 76.6 Å². The van der Waals surface area contributed by atoms with Gasteiger partial charge in [0.2, 0.25) is 0 Å². The molecule has 1 aromatic heterocycles. The van der Waals surface area contributed by atoms with Gasteiger partial charge >= 0.3 is 0 Å². The summed E-state index contributed by atoms with van der Waals surface area (Å²) < 4.78 is 7.16. The standard InChI is InChI=1S/C19H21BrN2O/c1-22(2)11-10-21-19(14-6-4-3-5-7-14)18-13-15-12-16(20)8-9-17(15)23-18/h3-9,12-13,19,21H,10-11H2,1-2H3. The van der Waals surface area contributed by atoms with Crippen molar-refractivity contribution >= 4 is 26.9 Å². The van der Waals surface area contributed by atoms with E-state index in [1.165, 1.54) is 5.56 Å². The van der Waals surface area contributed by atoms with Gasteiger partial charge in [0.05, 0.1) is 6.04 Å². The van der Waals surface area contributed by atoms with Crippen LogP contribution in [-0.2, 0) is 0 Å². The third-order valence-corrected chi connectivity index (χ3v) is 4.32. The Hall–Kier alpha value is -1.62. The van der Waals surface area contributed by atoms with Crippen molar-refractivity contribution in [3.8, 4) is 0 Å². The predicted molar refractivity (Wildman–Crippen MR) is 98.8 cm³/mol. The molecule has 23 heavy (non-hydrogen) atoms. The molecule has 0 aliphatic heterocycles. The van der Waals surface area contributed by atoms with Gasteiger partial charge in [0.15, 0.2) is 0 Å². The minimum absolute atomic E-state index is 0.0577. The molecule has 0 amide bonds. The van der Waals surface area contributed by atoms with Gasteiger partial charge in [-0.2, -0.15) is 0 Å². The minimum atomic E-state index is 0.0577. The highest BCUT2D eigenvalue weighted by Gasteiger charge is 2.18. The third-order valence-electron chi connectivity index (χ3n) is 3.82. The molecule has 0 aliphatic rings. The van der Waals surface area contributed by atoms with Crippen molar-refractivity contribution in [2.45, 2.75) is 6.04 Å². The first-order valence-corrected chi connectivity index (χ1v) is 8.55. The van der Waals surface area contributed by atoms with Crippen LogP contribution in [0.3, 0.4) is 0 Å². The minimum Gasteiger partial charge on any atom is -0.459 e. The molecule has 120 valence electrons. The highest BCUT2D eigenvalue weighted by atomic mass is 79.9. The number of hydrogen-bond donors (Lipinski definition) is 1. The molecule has 1 atom stereocenters. The second-order valence-electron chi connectivity index (χ2n) is 5.93. The summed E-state index contributed by atoms with van der Waals surface area (Å²) in [7, 11) is 4.16. The van der Waals surface area contributed by atoms with Crippen molar-refractivity contribution in [1.29, 1.82) is 0 Å². The Bertz CT molecular complexity index is 767. The molecule has 2 aromatic carbocycles. The van der Waals surface area contributed by atoms with Gasteiger partial charge in [0.1, 0.15) is 11.3 Å². The fourth-order valence-corrected chi connectivity index (χ4v) is 3.02. The summed E-state index contributed by atoms with van der Waals surface area (Å²) in [6, 6.07) is 18.7. The zero-order valence-electron chi connectivity index (χ0n) is 13.4. The molecule has 4 heteroatoms. The average Bonchev–Trinajstić information content (AvgIpc) is 2.94. The van der Waals surface area contributed by atoms with E-state index in [9.17, 15) is 0 Å². The number of nitrogens with one attached hydrogen (secondary N) is 1. The van der Waals surface area contributed by atoms with Crippen LogP contribution in [-0.4, -0.2) is 32.1 Å². The molecular weight excluding hydrogens is 352 g/mol. The van der Waals surface area contributed by atoms with Gasteiger partial charge in [-0.15, -0.1) is 0 Å². The van der Waals surface area contributed by atoms with E-state index >= 15 is 0 Å². The summed E-state index contributed by atoms with van der Waals surface area (Å²) in [6.07, 6.45) is 0. The molecule has 1 unspecified atom stereocenters. The van der Waals surface area contributed by atoms with E-state index < -0.39 is 0 Å². The van der Waals surface area contributed by atoms with E-state index in [1.807, 2.05) is 18.2 Å². The molecule has 0 saturated heterocycles. The summed E-state index contributed by atoms with van der Waals surface area (Å²) >= 11 is 3.52. The lowest BCUT2D eigenvalue weighted by Crippen LogP contribution is -2.30. The van der Waals surface area contributed by atoms with Crippen LogP contribution in [0.5, 0.6) is 0 Å². The van der Waals surface area contributed by atoms with E-state index in [4.69, 9.17) is 4.42 Å². The maximum Gasteiger partial charge on any atom is 0.134 e. The number of benzene rings is 2. The smallest absolute Gasteiger partial charge is 0.134 e. The first kappa shape index (κ1) is 16.2. The fourth-order valence-electron chi connectivity index (χ4n) is 2.64. The Morgan fingerprint density at radius 1 is 1.09 bits per heavy atom. The topological polar surface area (TPSA) is 28.4 Å². The van der Waals surface area contributed by atoms with Crippen LogP contribution in [0, 0.1) is 0 Å². The van der Waals surface area contributed by atoms with E-state index in [0.29, 0.717) is 0 Å². The van der Waals surface area contributed by atoms with Gasteiger partial charge in [-0.1, -0.05) is 46.3 Å². The van der Waals surface area contributed by atoms with Gasteiger partial charge in [0, 0.05) is 22.9 Å². The first-order chi connectivity index (χ1) is 11.1. The van der Waals surface area contributed by atoms with Gasteiger partial charge in [-0.05, 0) is 43.9 Å². The fraction of sp³-hybridized carbons (Fsp3) is 0.263. The SMILES string of the molecule is CN(C)CCNC(c1ccccc1)c1cc2cc(Br)ccc2o1. The van der Waals surface area contributed by atoms with Crippen molar-refractivity contribution in [2.24, 2.45) is 0 Å². The second-order valence-corrected chi connectivity index (χ2v) is 6.85. The Morgan fingerprint density at radius 3 is 2.61 bits per heavy atom. The normalized spacial score (nSPS) is 12.9. The molecule has 3 rings (SSSR count). The zero-order valence-corrected chi connectivity index (χ0v) is 15.0. The Balaban J connectivity index is 1.92. The summed E-state index contributed by atoms with van der Waals surface area (Å²) in [4.78, 5) is 2.17. The number of rotatable bonds is 6. The van der Waals surface area contributed by atoms with Crippen molar-refractivity contribution in [3.63, 3.8) is 0 Å². The Labute approximate surface area is 145 Å². The summed E-state index contributed by atoms with van der Waals surface area (Å²) in [5.74, 6) is 0.947. The lowest BCUT2D eigenvalue weighted by Gasteiger charge is -2.18. The third kappa shape index (κ3) is 4.02. The maximum absolute atomic E-state index is 6.10. The van der Waals surface area contributed by atoms with Crippen LogP contribution >= 0.6 is 15.9 Å². The zero-order chi connectivity index (χ0) is 16.2. The van der Waals surface area contributed by atoms with Crippen molar-refractivity contribution in [2.75, 3.05) is 27.2 Å². The van der Waals surface area contributed by atoms with E-state index in [1.54, 1.807) is 0 Å². The Kier molecular flexibility index (Phi) is 5.16. The molecule has 0 aliphatic carbocycles. The number of nitrogens with zero attached hydrogens (tertiary/aromatic N) is 1. The quantitative estimate of drug-likeness (QED) is 0.693. The number of hydrogen-bond acceptors (Lipinski definition) is 3. The molecule has 1 heterocycles. The first-order valence-electron chi connectivity index (χ1n) is 7.75. The lowest BCUT2D eigenvalue weighted by molar-refractivity contribution is 0.381. The van der Waals surface area contributed by atoms with E-state index in [-0.39, 0.29) is 6.04 Å². The lowest BCUT2D eigenvalue weighted by atomic mass is 10.0.